The van der Waals surface area contributed by atoms with Crippen molar-refractivity contribution in [3.05, 3.63) is 46.3 Å². The fourth-order valence-electron chi connectivity index (χ4n) is 2.03. The number of nitrogens with zero attached hydrogens (tertiary/aromatic N) is 2. The number of ether oxygens (including phenoxy) is 1. The molecule has 0 saturated heterocycles. The molecule has 0 aliphatic rings. The van der Waals surface area contributed by atoms with Crippen LogP contribution in [0.2, 0.25) is 0 Å². The molecule has 0 aliphatic carbocycles. The number of halogens is 2. The van der Waals surface area contributed by atoms with Crippen LogP contribution in [0.25, 0.3) is 0 Å². The fourth-order valence-corrected chi connectivity index (χ4v) is 2.66. The first-order valence-corrected chi connectivity index (χ1v) is 8.08. The first kappa shape index (κ1) is 19.6. The van der Waals surface area contributed by atoms with E-state index < -0.39 is 0 Å². The second-order valence-electron chi connectivity index (χ2n) is 4.50. The van der Waals surface area contributed by atoms with E-state index in [4.69, 9.17) is 22.7 Å². The zero-order valence-electron chi connectivity index (χ0n) is 12.6. The number of rotatable bonds is 6. The third-order valence-electron chi connectivity index (χ3n) is 2.99. The Labute approximate surface area is 155 Å². The maximum atomic E-state index is 5.60. The van der Waals surface area contributed by atoms with Gasteiger partial charge in [-0.1, -0.05) is 0 Å². The number of aromatic nitrogens is 2. The van der Waals surface area contributed by atoms with Crippen molar-refractivity contribution in [1.82, 2.24) is 9.97 Å². The van der Waals surface area contributed by atoms with Gasteiger partial charge in [-0.3, -0.25) is 4.98 Å². The molecule has 0 bridgehead atoms. The fraction of sp³-hybridized carbons (Fsp3) is 0.267. The van der Waals surface area contributed by atoms with Gasteiger partial charge >= 0.3 is 0 Å². The van der Waals surface area contributed by atoms with Gasteiger partial charge in [0.1, 0.15) is 11.6 Å². The van der Waals surface area contributed by atoms with Crippen molar-refractivity contribution in [2.75, 3.05) is 11.9 Å². The van der Waals surface area contributed by atoms with Crippen LogP contribution in [0.3, 0.4) is 0 Å². The summed E-state index contributed by atoms with van der Waals surface area (Å²) in [6.07, 6.45) is 5.07. The largest absolute Gasteiger partial charge is 0.492 e. The molecule has 0 atom stereocenters. The maximum absolute atomic E-state index is 5.60. The Kier molecular flexibility index (Phi) is 8.22. The lowest BCUT2D eigenvalue weighted by Crippen LogP contribution is -2.20. The molecule has 0 aliphatic heterocycles. The van der Waals surface area contributed by atoms with E-state index in [2.05, 4.69) is 31.2 Å². The molecular weight excluding hydrogens is 400 g/mol. The molecular formula is C15H18BrClN4OS. The lowest BCUT2D eigenvalue weighted by atomic mass is 10.1. The van der Waals surface area contributed by atoms with Crippen molar-refractivity contribution < 1.29 is 4.74 Å². The van der Waals surface area contributed by atoms with Gasteiger partial charge in [0, 0.05) is 12.4 Å². The Bertz CT molecular complexity index is 672. The van der Waals surface area contributed by atoms with Crippen molar-refractivity contribution in [3.63, 3.8) is 0 Å². The second kappa shape index (κ2) is 9.64. The highest BCUT2D eigenvalue weighted by Crippen LogP contribution is 2.26. The molecule has 0 radical (unpaired) electrons. The average molecular weight is 418 g/mol. The number of aryl methyl sites for hydroxylation is 2. The summed E-state index contributed by atoms with van der Waals surface area (Å²) in [6.45, 7) is 2.59. The van der Waals surface area contributed by atoms with Gasteiger partial charge < -0.3 is 15.8 Å². The molecule has 5 nitrogen and oxygen atoms in total. The van der Waals surface area contributed by atoms with Crippen LogP contribution in [-0.4, -0.2) is 21.7 Å². The van der Waals surface area contributed by atoms with Crippen LogP contribution in [-0.2, 0) is 12.8 Å². The number of hydrogen-bond acceptors (Lipinski definition) is 4. The molecule has 0 saturated carbocycles. The van der Waals surface area contributed by atoms with Crippen molar-refractivity contribution >= 4 is 51.5 Å². The van der Waals surface area contributed by atoms with Crippen molar-refractivity contribution in [3.8, 4) is 5.75 Å². The van der Waals surface area contributed by atoms with Crippen LogP contribution in [0.5, 0.6) is 5.75 Å². The summed E-state index contributed by atoms with van der Waals surface area (Å²) in [4.78, 5) is 8.62. The predicted octanol–water partition coefficient (Wildman–Crippen LogP) is 3.50. The molecule has 8 heteroatoms. The molecule has 3 N–H and O–H groups in total. The van der Waals surface area contributed by atoms with Crippen LogP contribution in [0.15, 0.2) is 35.1 Å². The van der Waals surface area contributed by atoms with Crippen LogP contribution < -0.4 is 15.8 Å². The molecule has 0 unspecified atom stereocenters. The molecule has 0 fully saturated rings. The first-order valence-electron chi connectivity index (χ1n) is 6.88. The number of pyridine rings is 2. The summed E-state index contributed by atoms with van der Waals surface area (Å²) in [5.41, 5.74) is 7.54. The van der Waals surface area contributed by atoms with Gasteiger partial charge in [-0.15, -0.1) is 12.4 Å². The Morgan fingerprint density at radius 2 is 2.09 bits per heavy atom. The van der Waals surface area contributed by atoms with E-state index in [1.165, 1.54) is 0 Å². The highest BCUT2D eigenvalue weighted by molar-refractivity contribution is 9.10. The van der Waals surface area contributed by atoms with E-state index in [9.17, 15) is 0 Å². The number of anilines is 1. The summed E-state index contributed by atoms with van der Waals surface area (Å²) in [6, 6.07) is 5.77. The highest BCUT2D eigenvalue weighted by Gasteiger charge is 2.10. The molecule has 124 valence electrons. The van der Waals surface area contributed by atoms with E-state index >= 15 is 0 Å². The Balaban J connectivity index is 0.00000264. The summed E-state index contributed by atoms with van der Waals surface area (Å²) >= 11 is 8.39. The molecule has 2 rings (SSSR count). The molecule has 2 aromatic heterocycles. The van der Waals surface area contributed by atoms with E-state index in [1.54, 1.807) is 12.4 Å². The van der Waals surface area contributed by atoms with E-state index in [-0.39, 0.29) is 17.5 Å². The van der Waals surface area contributed by atoms with E-state index in [1.807, 2.05) is 25.1 Å². The zero-order chi connectivity index (χ0) is 15.9. The van der Waals surface area contributed by atoms with Crippen LogP contribution in [0, 0.1) is 0 Å². The summed E-state index contributed by atoms with van der Waals surface area (Å²) in [7, 11) is 0. The Hall–Kier alpha value is -1.44. The van der Waals surface area contributed by atoms with Crippen molar-refractivity contribution in [2.24, 2.45) is 5.73 Å². The smallest absolute Gasteiger partial charge is 0.169 e. The number of nitrogens with two attached hydrogens (primary N) is 1. The lowest BCUT2D eigenvalue weighted by molar-refractivity contribution is 0.334. The number of nitrogens with one attached hydrogen (secondary N) is 1. The van der Waals surface area contributed by atoms with Gasteiger partial charge in [-0.25, -0.2) is 4.98 Å². The molecule has 23 heavy (non-hydrogen) atoms. The topological polar surface area (TPSA) is 73.1 Å². The Morgan fingerprint density at radius 1 is 1.30 bits per heavy atom. The van der Waals surface area contributed by atoms with Crippen molar-refractivity contribution in [2.45, 2.75) is 19.8 Å². The van der Waals surface area contributed by atoms with Crippen molar-refractivity contribution in [1.29, 1.82) is 0 Å². The molecule has 0 aromatic carbocycles. The molecule has 2 heterocycles. The standard InChI is InChI=1S/C15H17BrN4OS.ClH/c1-2-21-12-4-3-8-18-11(12)6-5-10-7-9-19-14(13(10)16)20-15(17)22;/h3-4,7-9H,2,5-6H2,1H3,(H3,17,19,20,22);1H. The van der Waals surface area contributed by atoms with Crippen LogP contribution >= 0.6 is 40.6 Å². The van der Waals surface area contributed by atoms with Gasteiger partial charge in [0.2, 0.25) is 0 Å². The maximum Gasteiger partial charge on any atom is 0.169 e. The molecule has 0 spiro atoms. The van der Waals surface area contributed by atoms with Gasteiger partial charge in [-0.2, -0.15) is 0 Å². The highest BCUT2D eigenvalue weighted by atomic mass is 79.9. The third-order valence-corrected chi connectivity index (χ3v) is 3.98. The normalized spacial score (nSPS) is 9.83. The molecule has 0 amide bonds. The summed E-state index contributed by atoms with van der Waals surface area (Å²) < 4.78 is 6.46. The predicted molar refractivity (Wildman–Crippen MR) is 102 cm³/mol. The summed E-state index contributed by atoms with van der Waals surface area (Å²) in [5, 5.41) is 3.04. The van der Waals surface area contributed by atoms with Crippen LogP contribution in [0.4, 0.5) is 5.82 Å². The van der Waals surface area contributed by atoms with Gasteiger partial charge in [0.05, 0.1) is 16.8 Å². The Morgan fingerprint density at radius 3 is 2.78 bits per heavy atom. The SMILES string of the molecule is CCOc1cccnc1CCc1ccnc(NC(N)=S)c1Br.Cl. The van der Waals surface area contributed by atoms with E-state index in [0.717, 1.165) is 34.3 Å². The van der Waals surface area contributed by atoms with Gasteiger partial charge in [0.25, 0.3) is 0 Å². The monoisotopic (exact) mass is 416 g/mol. The average Bonchev–Trinajstić information content (AvgIpc) is 2.49. The minimum absolute atomic E-state index is 0. The van der Waals surface area contributed by atoms with Gasteiger partial charge in [-0.05, 0) is 71.7 Å². The van der Waals surface area contributed by atoms with Crippen LogP contribution in [0.1, 0.15) is 18.2 Å². The molecule has 2 aromatic rings. The van der Waals surface area contributed by atoms with Gasteiger partial charge in [0.15, 0.2) is 5.11 Å². The minimum Gasteiger partial charge on any atom is -0.492 e. The second-order valence-corrected chi connectivity index (χ2v) is 5.74. The van der Waals surface area contributed by atoms with E-state index in [0.29, 0.717) is 12.4 Å². The lowest BCUT2D eigenvalue weighted by Gasteiger charge is -2.11. The number of hydrogen-bond donors (Lipinski definition) is 2. The first-order chi connectivity index (χ1) is 10.6. The minimum atomic E-state index is 0. The summed E-state index contributed by atoms with van der Waals surface area (Å²) in [5.74, 6) is 1.45. The zero-order valence-corrected chi connectivity index (χ0v) is 15.8. The number of thiocarbonyl (C=S) groups is 1. The quantitative estimate of drug-likeness (QED) is 0.701. The third kappa shape index (κ3) is 5.60.